The smallest absolute Gasteiger partial charge is 0.286 e. The van der Waals surface area contributed by atoms with Crippen LogP contribution in [0.15, 0.2) is 47.4 Å². The molecule has 0 unspecified atom stereocenters. The van der Waals surface area contributed by atoms with Gasteiger partial charge in [-0.1, -0.05) is 46.7 Å². The summed E-state index contributed by atoms with van der Waals surface area (Å²) >= 11 is 7.35. The van der Waals surface area contributed by atoms with Gasteiger partial charge in [0.2, 0.25) is 15.0 Å². The Morgan fingerprint density at radius 2 is 1.91 bits per heavy atom. The van der Waals surface area contributed by atoms with Crippen LogP contribution in [0.4, 0.5) is 5.69 Å². The van der Waals surface area contributed by atoms with Crippen molar-refractivity contribution in [1.82, 2.24) is 14.5 Å². The van der Waals surface area contributed by atoms with Crippen LogP contribution in [-0.2, 0) is 10.0 Å². The molecule has 1 amide bonds. The number of rotatable bonds is 5. The van der Waals surface area contributed by atoms with Gasteiger partial charge in [0.1, 0.15) is 5.01 Å². The molecule has 1 fully saturated rings. The third-order valence-corrected chi connectivity index (χ3v) is 9.02. The zero-order valence-corrected chi connectivity index (χ0v) is 20.1. The van der Waals surface area contributed by atoms with Crippen LogP contribution in [-0.4, -0.2) is 41.9 Å². The predicted octanol–water partition coefficient (Wildman–Crippen LogP) is 4.63. The van der Waals surface area contributed by atoms with E-state index in [1.54, 1.807) is 25.1 Å². The number of amides is 1. The lowest BCUT2D eigenvalue weighted by Gasteiger charge is -2.31. The Balaban J connectivity index is 1.49. The molecule has 0 aliphatic carbocycles. The Labute approximate surface area is 196 Å². The molecule has 1 atom stereocenters. The lowest BCUT2D eigenvalue weighted by Crippen LogP contribution is -2.39. The predicted molar refractivity (Wildman–Crippen MR) is 126 cm³/mol. The van der Waals surface area contributed by atoms with Crippen LogP contribution < -0.4 is 5.32 Å². The minimum absolute atomic E-state index is 0.114. The maximum atomic E-state index is 13.2. The summed E-state index contributed by atoms with van der Waals surface area (Å²) in [5.74, 6) is -0.441. The van der Waals surface area contributed by atoms with Crippen molar-refractivity contribution in [3.05, 3.63) is 68.6 Å². The van der Waals surface area contributed by atoms with Crippen LogP contribution in [0.2, 0.25) is 5.02 Å². The molecule has 0 bridgehead atoms. The van der Waals surface area contributed by atoms with Crippen molar-refractivity contribution in [2.45, 2.75) is 37.5 Å². The fourth-order valence-electron chi connectivity index (χ4n) is 3.68. The summed E-state index contributed by atoms with van der Waals surface area (Å²) in [5.41, 5.74) is 2.33. The van der Waals surface area contributed by atoms with Gasteiger partial charge in [-0.15, -0.1) is 10.2 Å². The summed E-state index contributed by atoms with van der Waals surface area (Å²) in [5, 5.41) is 12.4. The van der Waals surface area contributed by atoms with Gasteiger partial charge in [0.15, 0.2) is 0 Å². The lowest BCUT2D eigenvalue weighted by atomic mass is 10.0. The summed E-state index contributed by atoms with van der Waals surface area (Å²) in [6.07, 6.45) is 1.49. The van der Waals surface area contributed by atoms with Crippen LogP contribution in [0.1, 0.15) is 44.7 Å². The third kappa shape index (κ3) is 4.71. The van der Waals surface area contributed by atoms with Gasteiger partial charge in [-0.2, -0.15) is 4.31 Å². The van der Waals surface area contributed by atoms with E-state index in [4.69, 9.17) is 11.6 Å². The van der Waals surface area contributed by atoms with E-state index in [0.717, 1.165) is 12.0 Å². The number of sulfonamides is 1. The van der Waals surface area contributed by atoms with Crippen LogP contribution >= 0.6 is 22.9 Å². The van der Waals surface area contributed by atoms with Gasteiger partial charge in [0.25, 0.3) is 5.91 Å². The Morgan fingerprint density at radius 1 is 1.16 bits per heavy atom. The zero-order valence-electron chi connectivity index (χ0n) is 17.7. The van der Waals surface area contributed by atoms with E-state index in [-0.39, 0.29) is 21.7 Å². The van der Waals surface area contributed by atoms with E-state index in [1.165, 1.54) is 15.6 Å². The molecule has 0 saturated carbocycles. The van der Waals surface area contributed by atoms with Crippen LogP contribution in [0.5, 0.6) is 0 Å². The highest BCUT2D eigenvalue weighted by Gasteiger charge is 2.33. The highest BCUT2D eigenvalue weighted by Crippen LogP contribution is 2.33. The molecule has 3 aromatic rings. The molecule has 0 spiro atoms. The molecule has 1 aromatic heterocycles. The quantitative estimate of drug-likeness (QED) is 0.563. The molecule has 7 nitrogen and oxygen atoms in total. The van der Waals surface area contributed by atoms with Crippen LogP contribution in [0.25, 0.3) is 0 Å². The second-order valence-electron chi connectivity index (χ2n) is 7.83. The van der Waals surface area contributed by atoms with E-state index in [1.807, 2.05) is 31.2 Å². The average Bonchev–Trinajstić information content (AvgIpc) is 3.28. The molecule has 2 heterocycles. The molecule has 1 aliphatic heterocycles. The van der Waals surface area contributed by atoms with Crippen molar-refractivity contribution < 1.29 is 13.2 Å². The molecule has 1 N–H and O–H groups in total. The highest BCUT2D eigenvalue weighted by molar-refractivity contribution is 7.89. The van der Waals surface area contributed by atoms with Gasteiger partial charge < -0.3 is 5.32 Å². The van der Waals surface area contributed by atoms with E-state index < -0.39 is 10.0 Å². The van der Waals surface area contributed by atoms with Crippen molar-refractivity contribution in [3.63, 3.8) is 0 Å². The average molecular weight is 491 g/mol. The number of nitrogens with zero attached hydrogens (tertiary/aromatic N) is 3. The molecule has 2 aromatic carbocycles. The van der Waals surface area contributed by atoms with Gasteiger partial charge >= 0.3 is 0 Å². The Hall–Kier alpha value is -2.33. The summed E-state index contributed by atoms with van der Waals surface area (Å²) < 4.78 is 28.0. The monoisotopic (exact) mass is 490 g/mol. The van der Waals surface area contributed by atoms with Gasteiger partial charge in [-0.25, -0.2) is 8.42 Å². The first-order chi connectivity index (χ1) is 15.3. The zero-order chi connectivity index (χ0) is 22.9. The number of piperidine rings is 1. The fourth-order valence-corrected chi connectivity index (χ4v) is 6.55. The molecule has 1 saturated heterocycles. The van der Waals surface area contributed by atoms with Crippen molar-refractivity contribution in [1.29, 1.82) is 0 Å². The molecule has 4 rings (SSSR count). The van der Waals surface area contributed by atoms with Crippen molar-refractivity contribution >= 4 is 44.6 Å². The van der Waals surface area contributed by atoms with E-state index in [9.17, 15) is 13.2 Å². The van der Waals surface area contributed by atoms with E-state index in [0.29, 0.717) is 40.8 Å². The van der Waals surface area contributed by atoms with E-state index in [2.05, 4.69) is 15.5 Å². The number of benzene rings is 2. The molecule has 0 radical (unpaired) electrons. The minimum atomic E-state index is -3.68. The summed E-state index contributed by atoms with van der Waals surface area (Å²) in [6.45, 7) is 4.41. The Morgan fingerprint density at radius 3 is 2.66 bits per heavy atom. The van der Waals surface area contributed by atoms with Gasteiger partial charge in [0.05, 0.1) is 4.90 Å². The largest absolute Gasteiger partial charge is 0.320 e. The van der Waals surface area contributed by atoms with Crippen LogP contribution in [0.3, 0.4) is 0 Å². The number of nitrogens with one attached hydrogen (secondary N) is 1. The standard InChI is InChI=1S/C22H23ClN4O3S2/c1-14-8-10-17(11-9-14)24-20(28)22-26-25-21(31-22)16-5-4-12-27(13-16)32(29,30)19-7-3-6-18(23)15(19)2/h3,6-11,16H,4-5,12-13H2,1-2H3,(H,24,28)/t16-/m0/s1. The van der Waals surface area contributed by atoms with Crippen LogP contribution in [0, 0.1) is 13.8 Å². The first kappa shape index (κ1) is 22.8. The number of carbonyl (C=O) groups is 1. The number of hydrogen-bond acceptors (Lipinski definition) is 6. The van der Waals surface area contributed by atoms with Crippen molar-refractivity contribution in [3.8, 4) is 0 Å². The molecule has 10 heteroatoms. The highest BCUT2D eigenvalue weighted by atomic mass is 35.5. The van der Waals surface area contributed by atoms with Crippen molar-refractivity contribution in [2.75, 3.05) is 18.4 Å². The lowest BCUT2D eigenvalue weighted by molar-refractivity contribution is 0.102. The minimum Gasteiger partial charge on any atom is -0.320 e. The number of aromatic nitrogens is 2. The maximum Gasteiger partial charge on any atom is 0.286 e. The number of aryl methyl sites for hydroxylation is 1. The maximum absolute atomic E-state index is 13.2. The SMILES string of the molecule is Cc1ccc(NC(=O)c2nnc([C@H]3CCCN(S(=O)(=O)c4cccc(Cl)c4C)C3)s2)cc1. The second-order valence-corrected chi connectivity index (χ2v) is 11.2. The Bertz CT molecular complexity index is 1240. The summed E-state index contributed by atoms with van der Waals surface area (Å²) in [7, 11) is -3.68. The summed E-state index contributed by atoms with van der Waals surface area (Å²) in [4.78, 5) is 12.8. The molecule has 32 heavy (non-hydrogen) atoms. The fraction of sp³-hybridized carbons (Fsp3) is 0.318. The third-order valence-electron chi connectivity index (χ3n) is 5.51. The number of hydrogen-bond donors (Lipinski definition) is 1. The first-order valence-electron chi connectivity index (χ1n) is 10.2. The normalized spacial score (nSPS) is 17.3. The molecule has 168 valence electrons. The summed E-state index contributed by atoms with van der Waals surface area (Å²) in [6, 6.07) is 12.4. The van der Waals surface area contributed by atoms with Gasteiger partial charge in [0, 0.05) is 29.7 Å². The van der Waals surface area contributed by atoms with Gasteiger partial charge in [-0.3, -0.25) is 4.79 Å². The Kier molecular flexibility index (Phi) is 6.62. The van der Waals surface area contributed by atoms with Gasteiger partial charge in [-0.05, 0) is 56.5 Å². The second kappa shape index (κ2) is 9.27. The molecular formula is C22H23ClN4O3S2. The van der Waals surface area contributed by atoms with E-state index >= 15 is 0 Å². The number of carbonyl (C=O) groups excluding carboxylic acids is 1. The number of anilines is 1. The topological polar surface area (TPSA) is 92.3 Å². The first-order valence-corrected chi connectivity index (χ1v) is 12.9. The molecule has 1 aliphatic rings. The van der Waals surface area contributed by atoms with Crippen molar-refractivity contribution in [2.24, 2.45) is 0 Å². The number of halogens is 1. The molecular weight excluding hydrogens is 468 g/mol.